The average Bonchev–Trinajstić information content (AvgIpc) is 1.84. The third kappa shape index (κ3) is 1.90. The highest BCUT2D eigenvalue weighted by Gasteiger charge is 2.00. The molecule has 0 atom stereocenters. The molecule has 0 aromatic carbocycles. The van der Waals surface area contributed by atoms with E-state index in [4.69, 9.17) is 5.11 Å². The number of carbonyl (C=O) groups is 1. The number of likely N-dealkylation sites (N-methyl/N-ethyl adjacent to an activating group) is 1. The van der Waals surface area contributed by atoms with Gasteiger partial charge in [-0.25, -0.2) is 5.43 Å². The first-order chi connectivity index (χ1) is 3.72. The van der Waals surface area contributed by atoms with Crippen LogP contribution in [0.2, 0.25) is 0 Å². The molecule has 0 fully saturated rings. The van der Waals surface area contributed by atoms with Gasteiger partial charge >= 0.3 is 0 Å². The molecule has 0 saturated heterocycles. The third-order valence-electron chi connectivity index (χ3n) is 0.845. The van der Waals surface area contributed by atoms with E-state index in [2.05, 4.69) is 5.43 Å². The Bertz CT molecular complexity index is 84.1. The number of carbonyl (C=O) groups excluding carboxylic acids is 1. The minimum Gasteiger partial charge on any atom is -0.386 e. The van der Waals surface area contributed by atoms with Gasteiger partial charge in [0.2, 0.25) is 0 Å². The number of amides is 1. The number of nitrogens with one attached hydrogen (secondary N) is 1. The highest BCUT2D eigenvalue weighted by atomic mass is 16.3. The molecular weight excluding hydrogens is 108 g/mol. The van der Waals surface area contributed by atoms with Crippen molar-refractivity contribution < 1.29 is 9.90 Å². The molecule has 0 saturated carbocycles. The summed E-state index contributed by atoms with van der Waals surface area (Å²) in [5.74, 6) is -0.340. The van der Waals surface area contributed by atoms with Crippen LogP contribution in [0.3, 0.4) is 0 Å². The summed E-state index contributed by atoms with van der Waals surface area (Å²) in [6.45, 7) is -0.447. The van der Waals surface area contributed by atoms with E-state index in [1.165, 1.54) is 5.01 Å². The van der Waals surface area contributed by atoms with Crippen LogP contribution in [-0.2, 0) is 4.79 Å². The molecule has 0 bridgehead atoms. The number of aliphatic hydroxyl groups is 1. The van der Waals surface area contributed by atoms with Crippen LogP contribution in [0.4, 0.5) is 0 Å². The molecule has 8 heavy (non-hydrogen) atoms. The summed E-state index contributed by atoms with van der Waals surface area (Å²) < 4.78 is 0. The molecule has 0 aromatic rings. The number of hydrazine groups is 1. The maximum atomic E-state index is 10.4. The zero-order chi connectivity index (χ0) is 6.57. The van der Waals surface area contributed by atoms with Crippen molar-refractivity contribution in [2.75, 3.05) is 20.7 Å². The molecule has 0 aliphatic carbocycles. The van der Waals surface area contributed by atoms with Crippen LogP contribution in [0.15, 0.2) is 0 Å². The lowest BCUT2D eigenvalue weighted by molar-refractivity contribution is -0.135. The number of hydrogen-bond donors (Lipinski definition) is 2. The molecule has 4 heteroatoms. The number of rotatable bonds is 2. The third-order valence-corrected chi connectivity index (χ3v) is 0.845. The molecule has 0 radical (unpaired) electrons. The molecule has 0 unspecified atom stereocenters. The minimum absolute atomic E-state index is 0.340. The van der Waals surface area contributed by atoms with Crippen molar-refractivity contribution in [2.45, 2.75) is 0 Å². The van der Waals surface area contributed by atoms with Crippen molar-refractivity contribution in [3.05, 3.63) is 0 Å². The Morgan fingerprint density at radius 2 is 2.38 bits per heavy atom. The van der Waals surface area contributed by atoms with Gasteiger partial charge in [0, 0.05) is 14.1 Å². The Kier molecular flexibility index (Phi) is 3.14. The lowest BCUT2D eigenvalue weighted by Gasteiger charge is -2.12. The first-order valence-corrected chi connectivity index (χ1v) is 2.27. The molecular formula is C4H10N2O2. The normalized spacial score (nSPS) is 8.88. The molecule has 2 N–H and O–H groups in total. The van der Waals surface area contributed by atoms with Crippen molar-refractivity contribution in [1.82, 2.24) is 10.4 Å². The summed E-state index contributed by atoms with van der Waals surface area (Å²) in [5.41, 5.74) is 2.54. The summed E-state index contributed by atoms with van der Waals surface area (Å²) in [4.78, 5) is 10.4. The molecule has 48 valence electrons. The van der Waals surface area contributed by atoms with E-state index in [0.717, 1.165) is 0 Å². The van der Waals surface area contributed by atoms with Gasteiger partial charge in [0.25, 0.3) is 5.91 Å². The number of aliphatic hydroxyl groups excluding tert-OH is 1. The van der Waals surface area contributed by atoms with Gasteiger partial charge in [-0.2, -0.15) is 0 Å². The molecule has 0 rings (SSSR count). The zero-order valence-corrected chi connectivity index (χ0v) is 5.01. The van der Waals surface area contributed by atoms with Gasteiger partial charge in [-0.05, 0) is 0 Å². The van der Waals surface area contributed by atoms with Gasteiger partial charge in [-0.15, -0.1) is 0 Å². The Labute approximate surface area is 48.1 Å². The Hall–Kier alpha value is -0.610. The quantitative estimate of drug-likeness (QED) is 0.437. The lowest BCUT2D eigenvalue weighted by atomic mass is 10.6. The first-order valence-electron chi connectivity index (χ1n) is 2.27. The van der Waals surface area contributed by atoms with E-state index in [-0.39, 0.29) is 5.91 Å². The molecule has 1 amide bonds. The number of nitrogens with zero attached hydrogens (tertiary/aromatic N) is 1. The molecule has 4 nitrogen and oxygen atoms in total. The van der Waals surface area contributed by atoms with Crippen LogP contribution in [0, 0.1) is 0 Å². The topological polar surface area (TPSA) is 52.6 Å². The Morgan fingerprint density at radius 3 is 2.50 bits per heavy atom. The maximum Gasteiger partial charge on any atom is 0.262 e. The average molecular weight is 118 g/mol. The van der Waals surface area contributed by atoms with E-state index in [9.17, 15) is 4.79 Å². The van der Waals surface area contributed by atoms with Crippen molar-refractivity contribution in [3.8, 4) is 0 Å². The van der Waals surface area contributed by atoms with Crippen LogP contribution in [0.25, 0.3) is 0 Å². The van der Waals surface area contributed by atoms with Crippen LogP contribution in [0.1, 0.15) is 0 Å². The monoisotopic (exact) mass is 118 g/mol. The second-order valence-corrected chi connectivity index (χ2v) is 1.33. The van der Waals surface area contributed by atoms with Crippen LogP contribution >= 0.6 is 0 Å². The number of hydrogen-bond acceptors (Lipinski definition) is 3. The first kappa shape index (κ1) is 7.39. The smallest absolute Gasteiger partial charge is 0.262 e. The van der Waals surface area contributed by atoms with Gasteiger partial charge in [0.15, 0.2) is 0 Å². The largest absolute Gasteiger partial charge is 0.386 e. The van der Waals surface area contributed by atoms with Gasteiger partial charge in [-0.1, -0.05) is 0 Å². The highest BCUT2D eigenvalue weighted by Crippen LogP contribution is 1.72. The molecule has 0 aliphatic rings. The van der Waals surface area contributed by atoms with Crippen molar-refractivity contribution in [3.63, 3.8) is 0 Å². The van der Waals surface area contributed by atoms with Gasteiger partial charge < -0.3 is 5.11 Å². The standard InChI is InChI=1S/C4H10N2O2/c1-5-6(2)4(8)3-7/h5,7H,3H2,1-2H3. The fourth-order valence-corrected chi connectivity index (χ4v) is 0.231. The second kappa shape index (κ2) is 3.40. The molecule has 0 heterocycles. The van der Waals surface area contributed by atoms with Gasteiger partial charge in [0.1, 0.15) is 6.61 Å². The lowest BCUT2D eigenvalue weighted by Crippen LogP contribution is -2.38. The van der Waals surface area contributed by atoms with Crippen molar-refractivity contribution >= 4 is 5.91 Å². The minimum atomic E-state index is -0.447. The van der Waals surface area contributed by atoms with Crippen LogP contribution in [-0.4, -0.2) is 36.7 Å². The summed E-state index contributed by atoms with van der Waals surface area (Å²) >= 11 is 0. The molecule has 0 aromatic heterocycles. The Balaban J connectivity index is 3.46. The highest BCUT2D eigenvalue weighted by molar-refractivity contribution is 5.76. The maximum absolute atomic E-state index is 10.4. The molecule has 0 aliphatic heterocycles. The fraction of sp³-hybridized carbons (Fsp3) is 0.750. The van der Waals surface area contributed by atoms with Crippen molar-refractivity contribution in [2.24, 2.45) is 0 Å². The molecule has 0 spiro atoms. The summed E-state index contributed by atoms with van der Waals surface area (Å²) in [6.07, 6.45) is 0. The van der Waals surface area contributed by atoms with Crippen LogP contribution < -0.4 is 5.43 Å². The SMILES string of the molecule is CNN(C)C(=O)CO. The zero-order valence-electron chi connectivity index (χ0n) is 5.01. The summed E-state index contributed by atoms with van der Waals surface area (Å²) in [7, 11) is 3.14. The van der Waals surface area contributed by atoms with Crippen LogP contribution in [0.5, 0.6) is 0 Å². The van der Waals surface area contributed by atoms with E-state index in [0.29, 0.717) is 0 Å². The summed E-state index contributed by atoms with van der Waals surface area (Å²) in [6, 6.07) is 0. The van der Waals surface area contributed by atoms with Crippen molar-refractivity contribution in [1.29, 1.82) is 0 Å². The van der Waals surface area contributed by atoms with Gasteiger partial charge in [-0.3, -0.25) is 9.80 Å². The van der Waals surface area contributed by atoms with E-state index in [1.807, 2.05) is 0 Å². The predicted molar refractivity (Wildman–Crippen MR) is 28.9 cm³/mol. The van der Waals surface area contributed by atoms with E-state index in [1.54, 1.807) is 14.1 Å². The summed E-state index contributed by atoms with van der Waals surface area (Å²) in [5, 5.41) is 9.41. The van der Waals surface area contributed by atoms with E-state index >= 15 is 0 Å². The van der Waals surface area contributed by atoms with Gasteiger partial charge in [0.05, 0.1) is 0 Å². The second-order valence-electron chi connectivity index (χ2n) is 1.33. The fourth-order valence-electron chi connectivity index (χ4n) is 0.231. The Morgan fingerprint density at radius 1 is 1.88 bits per heavy atom. The predicted octanol–water partition coefficient (Wildman–Crippen LogP) is -1.43. The van der Waals surface area contributed by atoms with E-state index < -0.39 is 6.61 Å².